The molecule has 0 saturated heterocycles. The molecule has 0 aliphatic carbocycles. The summed E-state index contributed by atoms with van der Waals surface area (Å²) < 4.78 is 0. The Kier molecular flexibility index (Phi) is 3.06. The lowest BCUT2D eigenvalue weighted by molar-refractivity contribution is 0.281. The average Bonchev–Trinajstić information content (AvgIpc) is 2.16. The lowest BCUT2D eigenvalue weighted by Gasteiger charge is -2.06. The summed E-state index contributed by atoms with van der Waals surface area (Å²) in [6.45, 7) is 4.17. The van der Waals surface area contributed by atoms with Crippen molar-refractivity contribution in [2.24, 2.45) is 0 Å². The number of allylic oxidation sites excluding steroid dienone is 2. The normalized spacial score (nSPS) is 11.8. The Morgan fingerprint density at radius 1 is 1.42 bits per heavy atom. The maximum atomic E-state index is 9.04. The van der Waals surface area contributed by atoms with E-state index in [0.717, 1.165) is 11.1 Å². The highest BCUT2D eigenvalue weighted by Gasteiger charge is 1.99. The van der Waals surface area contributed by atoms with E-state index in [1.165, 1.54) is 5.57 Å². The fraction of sp³-hybridized carbons (Fsp3) is 0.273. The van der Waals surface area contributed by atoms with Crippen LogP contribution in [0.5, 0.6) is 0 Å². The molecule has 1 rings (SSSR count). The number of aliphatic hydroxyl groups excluding tert-OH is 1. The van der Waals surface area contributed by atoms with E-state index < -0.39 is 0 Å². The first-order valence-electron chi connectivity index (χ1n) is 4.11. The van der Waals surface area contributed by atoms with Crippen molar-refractivity contribution in [1.29, 1.82) is 0 Å². The Morgan fingerprint density at radius 3 is 2.67 bits per heavy atom. The summed E-state index contributed by atoms with van der Waals surface area (Å²) in [6.07, 6.45) is 2.05. The number of rotatable bonds is 2. The van der Waals surface area contributed by atoms with Crippen LogP contribution in [0.2, 0.25) is 0 Å². The molecule has 0 bridgehead atoms. The minimum atomic E-state index is 0.112. The van der Waals surface area contributed by atoms with Crippen LogP contribution in [0.15, 0.2) is 30.3 Å². The van der Waals surface area contributed by atoms with Gasteiger partial charge in [-0.2, -0.15) is 0 Å². The molecule has 0 aliphatic heterocycles. The van der Waals surface area contributed by atoms with Gasteiger partial charge in [-0.15, -0.1) is 0 Å². The maximum Gasteiger partial charge on any atom is 0.0687 e. The summed E-state index contributed by atoms with van der Waals surface area (Å²) in [5.41, 5.74) is 3.34. The molecule has 0 spiro atoms. The number of benzene rings is 1. The summed E-state index contributed by atoms with van der Waals surface area (Å²) in [5, 5.41) is 9.04. The van der Waals surface area contributed by atoms with Crippen LogP contribution < -0.4 is 0 Å². The molecular weight excluding hydrogens is 148 g/mol. The molecule has 0 heterocycles. The van der Waals surface area contributed by atoms with Crippen molar-refractivity contribution in [1.82, 2.24) is 0 Å². The number of aliphatic hydroxyl groups is 1. The second-order valence-electron chi connectivity index (χ2n) is 2.79. The van der Waals surface area contributed by atoms with Crippen molar-refractivity contribution in [2.45, 2.75) is 20.5 Å². The first kappa shape index (κ1) is 9.01. The third-order valence-electron chi connectivity index (χ3n) is 2.05. The minimum Gasteiger partial charge on any atom is -0.392 e. The summed E-state index contributed by atoms with van der Waals surface area (Å²) in [7, 11) is 0. The molecule has 0 amide bonds. The van der Waals surface area contributed by atoms with Crippen molar-refractivity contribution in [2.75, 3.05) is 0 Å². The molecule has 1 N–H and O–H groups in total. The van der Waals surface area contributed by atoms with Crippen LogP contribution in [0.4, 0.5) is 0 Å². The molecule has 1 aromatic rings. The van der Waals surface area contributed by atoms with E-state index in [1.807, 2.05) is 31.2 Å². The highest BCUT2D eigenvalue weighted by Crippen LogP contribution is 2.18. The highest BCUT2D eigenvalue weighted by molar-refractivity contribution is 5.66. The van der Waals surface area contributed by atoms with Gasteiger partial charge in [0, 0.05) is 0 Å². The average molecular weight is 162 g/mol. The van der Waals surface area contributed by atoms with Gasteiger partial charge in [0.25, 0.3) is 0 Å². The zero-order valence-corrected chi connectivity index (χ0v) is 7.54. The van der Waals surface area contributed by atoms with E-state index in [1.54, 1.807) is 0 Å². The predicted octanol–water partition coefficient (Wildman–Crippen LogP) is 2.60. The molecule has 0 aliphatic rings. The Labute approximate surface area is 73.4 Å². The van der Waals surface area contributed by atoms with Crippen LogP contribution >= 0.6 is 0 Å². The van der Waals surface area contributed by atoms with Gasteiger partial charge in [0.1, 0.15) is 0 Å². The van der Waals surface area contributed by atoms with Gasteiger partial charge in [0.05, 0.1) is 6.61 Å². The molecular formula is C11H14O. The molecule has 0 unspecified atom stereocenters. The summed E-state index contributed by atoms with van der Waals surface area (Å²) in [4.78, 5) is 0. The van der Waals surface area contributed by atoms with Crippen molar-refractivity contribution in [3.63, 3.8) is 0 Å². The SMILES string of the molecule is C/C=C(\C)c1ccccc1CO. The Hall–Kier alpha value is -1.08. The van der Waals surface area contributed by atoms with E-state index in [0.29, 0.717) is 0 Å². The molecule has 0 aromatic heterocycles. The van der Waals surface area contributed by atoms with E-state index >= 15 is 0 Å². The lowest BCUT2D eigenvalue weighted by atomic mass is 10.0. The van der Waals surface area contributed by atoms with Gasteiger partial charge >= 0.3 is 0 Å². The van der Waals surface area contributed by atoms with Crippen molar-refractivity contribution < 1.29 is 5.11 Å². The van der Waals surface area contributed by atoms with Crippen LogP contribution in [0, 0.1) is 0 Å². The highest BCUT2D eigenvalue weighted by atomic mass is 16.3. The van der Waals surface area contributed by atoms with Gasteiger partial charge in [0.15, 0.2) is 0 Å². The van der Waals surface area contributed by atoms with E-state index in [2.05, 4.69) is 13.0 Å². The van der Waals surface area contributed by atoms with Gasteiger partial charge in [-0.1, -0.05) is 30.3 Å². The van der Waals surface area contributed by atoms with Crippen LogP contribution in [-0.4, -0.2) is 5.11 Å². The topological polar surface area (TPSA) is 20.2 Å². The summed E-state index contributed by atoms with van der Waals surface area (Å²) in [6, 6.07) is 7.91. The molecule has 0 saturated carbocycles. The molecule has 64 valence electrons. The second-order valence-corrected chi connectivity index (χ2v) is 2.79. The molecule has 12 heavy (non-hydrogen) atoms. The van der Waals surface area contributed by atoms with Gasteiger partial charge in [-0.25, -0.2) is 0 Å². The molecule has 1 aromatic carbocycles. The van der Waals surface area contributed by atoms with Crippen molar-refractivity contribution >= 4 is 5.57 Å². The maximum absolute atomic E-state index is 9.04. The van der Waals surface area contributed by atoms with Crippen LogP contribution in [-0.2, 0) is 6.61 Å². The van der Waals surface area contributed by atoms with Crippen LogP contribution in [0.1, 0.15) is 25.0 Å². The minimum absolute atomic E-state index is 0.112. The van der Waals surface area contributed by atoms with Crippen LogP contribution in [0.25, 0.3) is 5.57 Å². The number of hydrogen-bond acceptors (Lipinski definition) is 1. The standard InChI is InChI=1S/C11H14O/c1-3-9(2)11-7-5-4-6-10(11)8-12/h3-7,12H,8H2,1-2H3/b9-3+. The van der Waals surface area contributed by atoms with Gasteiger partial charge in [-0.3, -0.25) is 0 Å². The Morgan fingerprint density at radius 2 is 2.08 bits per heavy atom. The van der Waals surface area contributed by atoms with E-state index in [9.17, 15) is 0 Å². The molecule has 0 fully saturated rings. The van der Waals surface area contributed by atoms with Crippen molar-refractivity contribution in [3.05, 3.63) is 41.5 Å². The largest absolute Gasteiger partial charge is 0.392 e. The van der Waals surface area contributed by atoms with Gasteiger partial charge in [0.2, 0.25) is 0 Å². The van der Waals surface area contributed by atoms with Gasteiger partial charge in [-0.05, 0) is 30.5 Å². The molecule has 0 radical (unpaired) electrons. The first-order chi connectivity index (χ1) is 5.79. The summed E-state index contributed by atoms with van der Waals surface area (Å²) >= 11 is 0. The fourth-order valence-corrected chi connectivity index (χ4v) is 1.20. The second kappa shape index (κ2) is 4.07. The van der Waals surface area contributed by atoms with Gasteiger partial charge < -0.3 is 5.11 Å². The third-order valence-corrected chi connectivity index (χ3v) is 2.05. The number of hydrogen-bond donors (Lipinski definition) is 1. The Bertz CT molecular complexity index is 287. The molecule has 0 atom stereocenters. The predicted molar refractivity (Wildman–Crippen MR) is 51.7 cm³/mol. The first-order valence-corrected chi connectivity index (χ1v) is 4.11. The zero-order valence-electron chi connectivity index (χ0n) is 7.54. The molecule has 1 heteroatoms. The van der Waals surface area contributed by atoms with Crippen molar-refractivity contribution in [3.8, 4) is 0 Å². The van der Waals surface area contributed by atoms with E-state index in [4.69, 9.17) is 5.11 Å². The van der Waals surface area contributed by atoms with Crippen LogP contribution in [0.3, 0.4) is 0 Å². The quantitative estimate of drug-likeness (QED) is 0.708. The fourth-order valence-electron chi connectivity index (χ4n) is 1.20. The Balaban J connectivity index is 3.13. The van der Waals surface area contributed by atoms with E-state index in [-0.39, 0.29) is 6.61 Å². The molecule has 1 nitrogen and oxygen atoms in total. The monoisotopic (exact) mass is 162 g/mol. The lowest BCUT2D eigenvalue weighted by Crippen LogP contribution is -1.90. The summed E-state index contributed by atoms with van der Waals surface area (Å²) in [5.74, 6) is 0. The zero-order chi connectivity index (χ0) is 8.97. The smallest absolute Gasteiger partial charge is 0.0687 e. The third kappa shape index (κ3) is 1.74.